The highest BCUT2D eigenvalue weighted by Gasteiger charge is 2.27. The number of esters is 1. The van der Waals surface area contributed by atoms with Crippen LogP contribution in [0.15, 0.2) is 24.3 Å². The van der Waals surface area contributed by atoms with Crippen LogP contribution >= 0.6 is 0 Å². The number of alkyl halides is 2. The van der Waals surface area contributed by atoms with Crippen molar-refractivity contribution >= 4 is 5.97 Å². The first-order valence-corrected chi connectivity index (χ1v) is 8.35. The minimum Gasteiger partial charge on any atom is -0.435 e. The van der Waals surface area contributed by atoms with E-state index in [0.29, 0.717) is 5.75 Å². The van der Waals surface area contributed by atoms with Crippen LogP contribution in [0.1, 0.15) is 51.9 Å². The Morgan fingerprint density at radius 1 is 1.13 bits per heavy atom. The number of ether oxygens (including phenoxy) is 2. The fourth-order valence-electron chi connectivity index (χ4n) is 3.07. The largest absolute Gasteiger partial charge is 0.435 e. The van der Waals surface area contributed by atoms with Crippen LogP contribution in [0.25, 0.3) is 0 Å². The number of hydrogen-bond donors (Lipinski definition) is 0. The summed E-state index contributed by atoms with van der Waals surface area (Å²) in [4.78, 5) is 12.2. The molecule has 0 heterocycles. The molecule has 1 aliphatic carbocycles. The Morgan fingerprint density at radius 2 is 1.74 bits per heavy atom. The lowest BCUT2D eigenvalue weighted by Crippen LogP contribution is -2.25. The van der Waals surface area contributed by atoms with Gasteiger partial charge >= 0.3 is 12.6 Å². The third-order valence-corrected chi connectivity index (χ3v) is 4.41. The van der Waals surface area contributed by atoms with Crippen LogP contribution in [0.5, 0.6) is 11.5 Å². The van der Waals surface area contributed by atoms with Crippen molar-refractivity contribution in [2.24, 2.45) is 11.8 Å². The van der Waals surface area contributed by atoms with E-state index >= 15 is 0 Å². The Labute approximate surface area is 136 Å². The predicted octanol–water partition coefficient (Wildman–Crippen LogP) is 5.19. The molecule has 1 aliphatic rings. The van der Waals surface area contributed by atoms with Gasteiger partial charge in [-0.2, -0.15) is 8.78 Å². The fraction of sp³-hybridized carbons (Fsp3) is 0.611. The molecule has 1 aromatic rings. The number of carbonyl (C=O) groups excluding carboxylic acids is 1. The molecule has 0 saturated heterocycles. The summed E-state index contributed by atoms with van der Waals surface area (Å²) in [7, 11) is 0. The van der Waals surface area contributed by atoms with E-state index in [4.69, 9.17) is 4.74 Å². The molecule has 3 nitrogen and oxygen atoms in total. The van der Waals surface area contributed by atoms with Crippen molar-refractivity contribution in [3.63, 3.8) is 0 Å². The zero-order chi connectivity index (χ0) is 16.7. The summed E-state index contributed by atoms with van der Waals surface area (Å²) >= 11 is 0. The Morgan fingerprint density at radius 3 is 2.30 bits per heavy atom. The van der Waals surface area contributed by atoms with Gasteiger partial charge in [-0.15, -0.1) is 0 Å². The number of halogens is 2. The van der Waals surface area contributed by atoms with Crippen molar-refractivity contribution < 1.29 is 23.0 Å². The minimum atomic E-state index is -2.86. The van der Waals surface area contributed by atoms with Crippen molar-refractivity contribution in [3.05, 3.63) is 24.3 Å². The van der Waals surface area contributed by atoms with Gasteiger partial charge in [0, 0.05) is 0 Å². The first-order valence-electron chi connectivity index (χ1n) is 8.35. The van der Waals surface area contributed by atoms with E-state index in [1.165, 1.54) is 43.5 Å². The summed E-state index contributed by atoms with van der Waals surface area (Å²) in [5.41, 5.74) is 0. The average molecular weight is 326 g/mol. The van der Waals surface area contributed by atoms with Crippen LogP contribution in [0.3, 0.4) is 0 Å². The fourth-order valence-corrected chi connectivity index (χ4v) is 3.07. The maximum Gasteiger partial charge on any atom is 0.387 e. The normalized spacial score (nSPS) is 21.2. The highest BCUT2D eigenvalue weighted by Crippen LogP contribution is 2.33. The summed E-state index contributed by atoms with van der Waals surface area (Å²) < 4.78 is 33.8. The molecular formula is C18H24F2O3. The smallest absolute Gasteiger partial charge is 0.387 e. The van der Waals surface area contributed by atoms with E-state index in [-0.39, 0.29) is 17.6 Å². The maximum absolute atomic E-state index is 12.2. The average Bonchev–Trinajstić information content (AvgIpc) is 2.54. The van der Waals surface area contributed by atoms with Gasteiger partial charge < -0.3 is 9.47 Å². The molecule has 0 unspecified atom stereocenters. The van der Waals surface area contributed by atoms with Crippen LogP contribution in [-0.2, 0) is 4.79 Å². The van der Waals surface area contributed by atoms with Gasteiger partial charge in [-0.05, 0) is 55.9 Å². The monoisotopic (exact) mass is 326 g/mol. The van der Waals surface area contributed by atoms with Gasteiger partial charge in [-0.1, -0.05) is 26.2 Å². The molecule has 0 bridgehead atoms. The second-order valence-electron chi connectivity index (χ2n) is 6.13. The lowest BCUT2D eigenvalue weighted by atomic mass is 9.80. The van der Waals surface area contributed by atoms with Crippen LogP contribution in [0.2, 0.25) is 0 Å². The lowest BCUT2D eigenvalue weighted by Gasteiger charge is -2.27. The first kappa shape index (κ1) is 17.7. The number of hydrogen-bond acceptors (Lipinski definition) is 3. The van der Waals surface area contributed by atoms with Crippen molar-refractivity contribution in [1.29, 1.82) is 0 Å². The standard InChI is InChI=1S/C18H24F2O3/c1-2-3-4-13-5-7-14(8-6-13)17(21)22-15-9-11-16(12-10-15)23-18(19)20/h9-14,18H,2-8H2,1H3/t13-,14-. The molecule has 0 amide bonds. The summed E-state index contributed by atoms with van der Waals surface area (Å²) in [6, 6.07) is 5.69. The molecule has 128 valence electrons. The quantitative estimate of drug-likeness (QED) is 0.511. The second-order valence-corrected chi connectivity index (χ2v) is 6.13. The van der Waals surface area contributed by atoms with E-state index in [2.05, 4.69) is 11.7 Å². The second kappa shape index (κ2) is 8.85. The Bertz CT molecular complexity index is 480. The molecule has 2 rings (SSSR count). The molecule has 5 heteroatoms. The zero-order valence-corrected chi connectivity index (χ0v) is 13.5. The third kappa shape index (κ3) is 5.81. The van der Waals surface area contributed by atoms with Crippen LogP contribution in [-0.4, -0.2) is 12.6 Å². The zero-order valence-electron chi connectivity index (χ0n) is 13.5. The van der Waals surface area contributed by atoms with Gasteiger partial charge in [0.2, 0.25) is 0 Å². The molecule has 0 N–H and O–H groups in total. The molecular weight excluding hydrogens is 302 g/mol. The van der Waals surface area contributed by atoms with E-state index in [9.17, 15) is 13.6 Å². The molecule has 1 saturated carbocycles. The van der Waals surface area contributed by atoms with Crippen molar-refractivity contribution in [1.82, 2.24) is 0 Å². The molecule has 1 aromatic carbocycles. The maximum atomic E-state index is 12.2. The highest BCUT2D eigenvalue weighted by atomic mass is 19.3. The van der Waals surface area contributed by atoms with Crippen LogP contribution in [0.4, 0.5) is 8.78 Å². The van der Waals surface area contributed by atoms with Gasteiger partial charge in [0.15, 0.2) is 0 Å². The molecule has 0 spiro atoms. The summed E-state index contributed by atoms with van der Waals surface area (Å²) in [5, 5.41) is 0. The highest BCUT2D eigenvalue weighted by molar-refractivity contribution is 5.75. The number of rotatable bonds is 7. The number of benzene rings is 1. The molecule has 0 aromatic heterocycles. The van der Waals surface area contributed by atoms with Crippen molar-refractivity contribution in [3.8, 4) is 11.5 Å². The molecule has 23 heavy (non-hydrogen) atoms. The number of carbonyl (C=O) groups is 1. The van der Waals surface area contributed by atoms with Crippen molar-refractivity contribution in [2.75, 3.05) is 0 Å². The lowest BCUT2D eigenvalue weighted by molar-refractivity contribution is -0.140. The SMILES string of the molecule is CCCC[C@H]1CC[C@H](C(=O)Oc2ccc(OC(F)F)cc2)CC1. The van der Waals surface area contributed by atoms with Gasteiger partial charge in [-0.3, -0.25) is 4.79 Å². The van der Waals surface area contributed by atoms with Gasteiger partial charge in [0.05, 0.1) is 5.92 Å². The van der Waals surface area contributed by atoms with Crippen molar-refractivity contribution in [2.45, 2.75) is 58.5 Å². The Balaban J connectivity index is 1.78. The third-order valence-electron chi connectivity index (χ3n) is 4.41. The van der Waals surface area contributed by atoms with Crippen LogP contribution < -0.4 is 9.47 Å². The minimum absolute atomic E-state index is 0.0510. The molecule has 0 radical (unpaired) electrons. The van der Waals surface area contributed by atoms with Gasteiger partial charge in [-0.25, -0.2) is 0 Å². The van der Waals surface area contributed by atoms with E-state index in [0.717, 1.165) is 31.6 Å². The van der Waals surface area contributed by atoms with Gasteiger partial charge in [0.25, 0.3) is 0 Å². The van der Waals surface area contributed by atoms with Crippen LogP contribution in [0, 0.1) is 11.8 Å². The summed E-state index contributed by atoms with van der Waals surface area (Å²) in [6.07, 6.45) is 7.64. The molecule has 0 atom stereocenters. The summed E-state index contributed by atoms with van der Waals surface area (Å²) in [5.74, 6) is 0.886. The van der Waals surface area contributed by atoms with E-state index in [1.54, 1.807) is 0 Å². The first-order chi connectivity index (χ1) is 11.1. The topological polar surface area (TPSA) is 35.5 Å². The van der Waals surface area contributed by atoms with E-state index < -0.39 is 6.61 Å². The van der Waals surface area contributed by atoms with E-state index in [1.807, 2.05) is 0 Å². The Hall–Kier alpha value is -1.65. The number of unbranched alkanes of at least 4 members (excludes halogenated alkanes) is 1. The summed E-state index contributed by atoms with van der Waals surface area (Å²) in [6.45, 7) is -0.660. The Kier molecular flexibility index (Phi) is 6.81. The predicted molar refractivity (Wildman–Crippen MR) is 83.7 cm³/mol. The molecule has 0 aliphatic heterocycles. The van der Waals surface area contributed by atoms with Gasteiger partial charge in [0.1, 0.15) is 11.5 Å². The molecule has 1 fully saturated rings.